The molecule has 0 saturated heterocycles. The van der Waals surface area contributed by atoms with E-state index in [0.717, 1.165) is 5.56 Å². The lowest BCUT2D eigenvalue weighted by Crippen LogP contribution is -2.19. The zero-order valence-electron chi connectivity index (χ0n) is 10.1. The number of hydrogen-bond acceptors (Lipinski definition) is 5. The van der Waals surface area contributed by atoms with Gasteiger partial charge in [-0.25, -0.2) is 19.3 Å². The summed E-state index contributed by atoms with van der Waals surface area (Å²) in [4.78, 5) is 11.7. The molecule has 0 aromatic carbocycles. The van der Waals surface area contributed by atoms with Crippen molar-refractivity contribution in [3.05, 3.63) is 47.9 Å². The van der Waals surface area contributed by atoms with Crippen LogP contribution in [0.4, 0.5) is 4.39 Å². The molecular weight excluding hydrogens is 235 g/mol. The number of pyridine rings is 1. The van der Waals surface area contributed by atoms with Crippen LogP contribution in [0.15, 0.2) is 31.0 Å². The van der Waals surface area contributed by atoms with Crippen molar-refractivity contribution in [1.82, 2.24) is 20.3 Å². The fourth-order valence-electron chi connectivity index (χ4n) is 1.77. The van der Waals surface area contributed by atoms with E-state index in [2.05, 4.69) is 20.3 Å². The average Bonchev–Trinajstić information content (AvgIpc) is 2.43. The molecule has 1 unspecified atom stereocenters. The van der Waals surface area contributed by atoms with Crippen LogP contribution in [-0.2, 0) is 0 Å². The second kappa shape index (κ2) is 5.50. The van der Waals surface area contributed by atoms with Crippen molar-refractivity contribution in [1.29, 1.82) is 0 Å². The van der Waals surface area contributed by atoms with E-state index in [9.17, 15) is 4.39 Å². The Morgan fingerprint density at radius 2 is 2.06 bits per heavy atom. The van der Waals surface area contributed by atoms with E-state index in [0.29, 0.717) is 5.56 Å². The average molecular weight is 248 g/mol. The molecule has 2 aromatic heterocycles. The Labute approximate surface area is 104 Å². The largest absolute Gasteiger partial charge is 0.479 e. The molecule has 18 heavy (non-hydrogen) atoms. The summed E-state index contributed by atoms with van der Waals surface area (Å²) in [6, 6.07) is 1.26. The maximum atomic E-state index is 14.1. The maximum absolute atomic E-state index is 14.1. The molecule has 0 amide bonds. The van der Waals surface area contributed by atoms with Crippen molar-refractivity contribution >= 4 is 0 Å². The summed E-state index contributed by atoms with van der Waals surface area (Å²) < 4.78 is 19.0. The summed E-state index contributed by atoms with van der Waals surface area (Å²) >= 11 is 0. The lowest BCUT2D eigenvalue weighted by Gasteiger charge is -2.17. The van der Waals surface area contributed by atoms with Crippen molar-refractivity contribution in [3.63, 3.8) is 0 Å². The van der Waals surface area contributed by atoms with E-state index in [1.165, 1.54) is 19.6 Å². The van der Waals surface area contributed by atoms with Gasteiger partial charge in [0.2, 0.25) is 5.88 Å². The molecule has 1 N–H and O–H groups in total. The standard InChI is InChI=1S/C12H13FN4O/c1-14-11(8-5-15-7-16-6-8)9-3-4-17-12(18-2)10(9)13/h3-7,11,14H,1-2H3. The van der Waals surface area contributed by atoms with Gasteiger partial charge in [-0.15, -0.1) is 0 Å². The van der Waals surface area contributed by atoms with Crippen molar-refractivity contribution in [2.45, 2.75) is 6.04 Å². The predicted molar refractivity (Wildman–Crippen MR) is 63.7 cm³/mol. The van der Waals surface area contributed by atoms with Gasteiger partial charge in [-0.1, -0.05) is 0 Å². The van der Waals surface area contributed by atoms with Crippen LogP contribution in [0.5, 0.6) is 5.88 Å². The first-order chi connectivity index (χ1) is 8.77. The molecule has 1 atom stereocenters. The molecule has 5 nitrogen and oxygen atoms in total. The molecule has 0 bridgehead atoms. The predicted octanol–water partition coefficient (Wildman–Crippen LogP) is 1.33. The quantitative estimate of drug-likeness (QED) is 0.884. The second-order valence-corrected chi connectivity index (χ2v) is 3.62. The van der Waals surface area contributed by atoms with Crippen LogP contribution in [0.2, 0.25) is 0 Å². The van der Waals surface area contributed by atoms with E-state index in [1.807, 2.05) is 0 Å². The number of rotatable bonds is 4. The molecule has 0 aliphatic heterocycles. The van der Waals surface area contributed by atoms with Gasteiger partial charge in [0.25, 0.3) is 0 Å². The minimum atomic E-state index is -0.483. The van der Waals surface area contributed by atoms with Crippen molar-refractivity contribution in [2.75, 3.05) is 14.2 Å². The summed E-state index contributed by atoms with van der Waals surface area (Å²) in [5.74, 6) is -0.507. The molecule has 2 rings (SSSR count). The van der Waals surface area contributed by atoms with Gasteiger partial charge < -0.3 is 10.1 Å². The van der Waals surface area contributed by atoms with Crippen LogP contribution in [0, 0.1) is 5.82 Å². The number of nitrogens with zero attached hydrogens (tertiary/aromatic N) is 3. The van der Waals surface area contributed by atoms with Crippen LogP contribution >= 0.6 is 0 Å². The van der Waals surface area contributed by atoms with Gasteiger partial charge in [0.1, 0.15) is 6.33 Å². The third-order valence-electron chi connectivity index (χ3n) is 2.59. The normalized spacial score (nSPS) is 12.2. The Morgan fingerprint density at radius 3 is 2.67 bits per heavy atom. The zero-order chi connectivity index (χ0) is 13.0. The van der Waals surface area contributed by atoms with Crippen molar-refractivity contribution in [3.8, 4) is 5.88 Å². The van der Waals surface area contributed by atoms with Crippen molar-refractivity contribution < 1.29 is 9.13 Å². The van der Waals surface area contributed by atoms with E-state index < -0.39 is 5.82 Å². The van der Waals surface area contributed by atoms with E-state index in [-0.39, 0.29) is 11.9 Å². The molecular formula is C12H13FN4O. The second-order valence-electron chi connectivity index (χ2n) is 3.62. The number of methoxy groups -OCH3 is 1. The van der Waals surface area contributed by atoms with Gasteiger partial charge in [-0.2, -0.15) is 0 Å². The Morgan fingerprint density at radius 1 is 1.33 bits per heavy atom. The Bertz CT molecular complexity index is 521. The molecule has 0 spiro atoms. The fourth-order valence-corrected chi connectivity index (χ4v) is 1.77. The summed E-state index contributed by atoms with van der Waals surface area (Å²) in [5, 5.41) is 3.02. The van der Waals surface area contributed by atoms with Gasteiger partial charge in [-0.05, 0) is 13.1 Å². The highest BCUT2D eigenvalue weighted by Gasteiger charge is 2.19. The first-order valence-electron chi connectivity index (χ1n) is 5.38. The molecule has 0 radical (unpaired) electrons. The number of hydrogen-bond donors (Lipinski definition) is 1. The lowest BCUT2D eigenvalue weighted by atomic mass is 10.0. The van der Waals surface area contributed by atoms with Gasteiger partial charge >= 0.3 is 0 Å². The number of halogens is 1. The molecule has 2 heterocycles. The van der Waals surface area contributed by atoms with Gasteiger partial charge in [0.15, 0.2) is 5.82 Å². The Hall–Kier alpha value is -2.08. The SMILES string of the molecule is CNC(c1cncnc1)c1ccnc(OC)c1F. The summed E-state index contributed by atoms with van der Waals surface area (Å²) in [6.45, 7) is 0. The summed E-state index contributed by atoms with van der Waals surface area (Å²) in [7, 11) is 3.12. The number of aromatic nitrogens is 3. The molecule has 0 saturated carbocycles. The summed E-state index contributed by atoms with van der Waals surface area (Å²) in [5.41, 5.74) is 1.21. The number of ether oxygens (including phenoxy) is 1. The molecule has 6 heteroatoms. The van der Waals surface area contributed by atoms with Crippen LogP contribution in [0.1, 0.15) is 17.2 Å². The zero-order valence-corrected chi connectivity index (χ0v) is 10.1. The highest BCUT2D eigenvalue weighted by atomic mass is 19.1. The van der Waals surface area contributed by atoms with Gasteiger partial charge in [0.05, 0.1) is 13.2 Å². The van der Waals surface area contributed by atoms with E-state index >= 15 is 0 Å². The molecule has 0 aliphatic rings. The van der Waals surface area contributed by atoms with E-state index in [1.54, 1.807) is 25.5 Å². The lowest BCUT2D eigenvalue weighted by molar-refractivity contribution is 0.365. The van der Waals surface area contributed by atoms with Gasteiger partial charge in [0, 0.05) is 29.7 Å². The first kappa shape index (κ1) is 12.4. The molecule has 0 fully saturated rings. The van der Waals surface area contributed by atoms with Crippen molar-refractivity contribution in [2.24, 2.45) is 0 Å². The van der Waals surface area contributed by atoms with Crippen LogP contribution in [0.3, 0.4) is 0 Å². The maximum Gasteiger partial charge on any atom is 0.250 e. The monoisotopic (exact) mass is 248 g/mol. The third kappa shape index (κ3) is 2.28. The molecule has 2 aromatic rings. The van der Waals surface area contributed by atoms with E-state index in [4.69, 9.17) is 4.74 Å². The van der Waals surface area contributed by atoms with Gasteiger partial charge in [-0.3, -0.25) is 0 Å². The topological polar surface area (TPSA) is 59.9 Å². The third-order valence-corrected chi connectivity index (χ3v) is 2.59. The number of nitrogens with one attached hydrogen (secondary N) is 1. The first-order valence-corrected chi connectivity index (χ1v) is 5.38. The molecule has 94 valence electrons. The Kier molecular flexibility index (Phi) is 3.78. The van der Waals surface area contributed by atoms with Crippen LogP contribution in [0.25, 0.3) is 0 Å². The highest BCUT2D eigenvalue weighted by molar-refractivity contribution is 5.32. The minimum Gasteiger partial charge on any atom is -0.479 e. The minimum absolute atomic E-state index is 0.0235. The summed E-state index contributed by atoms with van der Waals surface area (Å²) in [6.07, 6.45) is 6.21. The van der Waals surface area contributed by atoms with Crippen LogP contribution < -0.4 is 10.1 Å². The Balaban J connectivity index is 2.46. The highest BCUT2D eigenvalue weighted by Crippen LogP contribution is 2.26. The molecule has 0 aliphatic carbocycles. The fraction of sp³-hybridized carbons (Fsp3) is 0.250. The van der Waals surface area contributed by atoms with Crippen LogP contribution in [-0.4, -0.2) is 29.1 Å². The smallest absolute Gasteiger partial charge is 0.250 e.